The van der Waals surface area contributed by atoms with Crippen molar-refractivity contribution in [1.29, 1.82) is 0 Å². The number of aliphatic imine (C=N–C) groups is 1. The van der Waals surface area contributed by atoms with Crippen molar-refractivity contribution in [2.24, 2.45) is 10.7 Å². The smallest absolute Gasteiger partial charge is 0.434 e. The zero-order chi connectivity index (χ0) is 29.9. The Morgan fingerprint density at radius 2 is 1.55 bits per heavy atom. The van der Waals surface area contributed by atoms with Crippen LogP contribution in [0.3, 0.4) is 0 Å². The number of carbonyl (C=O) groups is 4. The molecule has 4 N–H and O–H groups in total. The molecule has 0 bridgehead atoms. The van der Waals surface area contributed by atoms with E-state index in [0.29, 0.717) is 5.69 Å². The van der Waals surface area contributed by atoms with Gasteiger partial charge in [-0.3, -0.25) is 0 Å². The molecule has 0 heterocycles. The highest BCUT2D eigenvalue weighted by molar-refractivity contribution is 6.44. The molecule has 3 amide bonds. The second-order valence-electron chi connectivity index (χ2n) is 10.5. The predicted molar refractivity (Wildman–Crippen MR) is 151 cm³/mol. The number of nitrogens with zero attached hydrogens (tertiary/aromatic N) is 1. The fourth-order valence-corrected chi connectivity index (χ4v) is 3.27. The van der Waals surface area contributed by atoms with Crippen molar-refractivity contribution < 1.29 is 33.4 Å². The molecule has 0 aliphatic heterocycles. The number of carbonyl (C=O) groups excluding carboxylic acids is 4. The molecule has 11 heteroatoms. The van der Waals surface area contributed by atoms with Gasteiger partial charge in [0.1, 0.15) is 17.2 Å². The summed E-state index contributed by atoms with van der Waals surface area (Å²) in [5.41, 5.74) is 5.00. The zero-order valence-corrected chi connectivity index (χ0v) is 23.8. The SMILES string of the molecule is CCOC(=O)C(Cc1ccccc1)NC(=O)Nc1ccc(/C(=N/C(=O)OC(C)(C)CN)C(=O)OC(C)(C)C)cc1. The largest absolute Gasteiger partial charge is 0.464 e. The number of hydrogen-bond acceptors (Lipinski definition) is 8. The lowest BCUT2D eigenvalue weighted by molar-refractivity contribution is -0.146. The first-order valence-corrected chi connectivity index (χ1v) is 12.9. The van der Waals surface area contributed by atoms with Crippen molar-refractivity contribution >= 4 is 35.5 Å². The van der Waals surface area contributed by atoms with Crippen LogP contribution in [0.2, 0.25) is 0 Å². The molecule has 0 saturated heterocycles. The molecule has 0 aliphatic carbocycles. The quantitative estimate of drug-likeness (QED) is 0.226. The van der Waals surface area contributed by atoms with Gasteiger partial charge in [0.05, 0.1) is 6.61 Å². The van der Waals surface area contributed by atoms with Crippen LogP contribution >= 0.6 is 0 Å². The fraction of sp³-hybridized carbons (Fsp3) is 0.414. The zero-order valence-electron chi connectivity index (χ0n) is 23.8. The Morgan fingerprint density at radius 1 is 0.925 bits per heavy atom. The topological polar surface area (TPSA) is 158 Å². The number of benzene rings is 2. The highest BCUT2D eigenvalue weighted by atomic mass is 16.6. The van der Waals surface area contributed by atoms with E-state index < -0.39 is 41.3 Å². The van der Waals surface area contributed by atoms with Gasteiger partial charge in [-0.1, -0.05) is 42.5 Å². The summed E-state index contributed by atoms with van der Waals surface area (Å²) in [6, 6.07) is 13.7. The van der Waals surface area contributed by atoms with E-state index in [9.17, 15) is 19.2 Å². The van der Waals surface area contributed by atoms with E-state index in [1.54, 1.807) is 41.5 Å². The minimum atomic E-state index is -0.999. The first kappa shape index (κ1) is 32.0. The molecule has 216 valence electrons. The molecule has 1 atom stereocenters. The number of esters is 2. The fourth-order valence-electron chi connectivity index (χ4n) is 3.27. The van der Waals surface area contributed by atoms with E-state index >= 15 is 0 Å². The van der Waals surface area contributed by atoms with Crippen molar-refractivity contribution in [2.75, 3.05) is 18.5 Å². The molecule has 11 nitrogen and oxygen atoms in total. The summed E-state index contributed by atoms with van der Waals surface area (Å²) in [7, 11) is 0. The van der Waals surface area contributed by atoms with Crippen LogP contribution in [0.25, 0.3) is 0 Å². The van der Waals surface area contributed by atoms with E-state index in [4.69, 9.17) is 19.9 Å². The monoisotopic (exact) mass is 554 g/mol. The summed E-state index contributed by atoms with van der Waals surface area (Å²) in [5.74, 6) is -1.38. The number of amides is 3. The van der Waals surface area contributed by atoms with Crippen molar-refractivity contribution in [3.05, 3.63) is 65.7 Å². The molecule has 0 aromatic heterocycles. The third-order valence-electron chi connectivity index (χ3n) is 5.23. The number of hydrogen-bond donors (Lipinski definition) is 3. The Hall–Kier alpha value is -4.25. The van der Waals surface area contributed by atoms with Gasteiger partial charge in [-0.15, -0.1) is 0 Å². The summed E-state index contributed by atoms with van der Waals surface area (Å²) in [6.07, 6.45) is -0.750. The Bertz CT molecular complexity index is 1200. The second-order valence-corrected chi connectivity index (χ2v) is 10.5. The maximum absolute atomic E-state index is 12.9. The van der Waals surface area contributed by atoms with Crippen molar-refractivity contribution in [3.63, 3.8) is 0 Å². The summed E-state index contributed by atoms with van der Waals surface area (Å²) < 4.78 is 15.8. The first-order valence-electron chi connectivity index (χ1n) is 12.9. The number of urea groups is 1. The number of nitrogens with two attached hydrogens (primary N) is 1. The lowest BCUT2D eigenvalue weighted by Gasteiger charge is -2.22. The van der Waals surface area contributed by atoms with Crippen LogP contribution in [0.4, 0.5) is 15.3 Å². The van der Waals surface area contributed by atoms with Crippen LogP contribution in [-0.4, -0.2) is 60.2 Å². The Labute approximate surface area is 234 Å². The van der Waals surface area contributed by atoms with Gasteiger partial charge in [0, 0.05) is 24.2 Å². The Kier molecular flexibility index (Phi) is 11.4. The lowest BCUT2D eigenvalue weighted by atomic mass is 10.1. The molecule has 40 heavy (non-hydrogen) atoms. The maximum Gasteiger partial charge on any atom is 0.434 e. The second kappa shape index (κ2) is 14.2. The number of nitrogens with one attached hydrogen (secondary N) is 2. The summed E-state index contributed by atoms with van der Waals surface area (Å²) in [5, 5.41) is 5.29. The van der Waals surface area contributed by atoms with Gasteiger partial charge in [-0.05, 0) is 59.2 Å². The molecule has 0 saturated carbocycles. The lowest BCUT2D eigenvalue weighted by Crippen LogP contribution is -2.45. The minimum absolute atomic E-state index is 0.0564. The molecule has 0 aliphatic rings. The van der Waals surface area contributed by atoms with E-state index in [-0.39, 0.29) is 30.8 Å². The van der Waals surface area contributed by atoms with Crippen LogP contribution in [0.5, 0.6) is 0 Å². The van der Waals surface area contributed by atoms with Crippen LogP contribution in [0.15, 0.2) is 59.6 Å². The van der Waals surface area contributed by atoms with Crippen LogP contribution < -0.4 is 16.4 Å². The minimum Gasteiger partial charge on any atom is -0.464 e. The third kappa shape index (κ3) is 10.9. The highest BCUT2D eigenvalue weighted by Gasteiger charge is 2.27. The molecular weight excluding hydrogens is 516 g/mol. The van der Waals surface area contributed by atoms with Crippen molar-refractivity contribution in [2.45, 2.75) is 65.2 Å². The van der Waals surface area contributed by atoms with Gasteiger partial charge in [-0.2, -0.15) is 4.99 Å². The third-order valence-corrected chi connectivity index (χ3v) is 5.23. The molecular formula is C29H38N4O7. The maximum atomic E-state index is 12.9. The van der Waals surface area contributed by atoms with Gasteiger partial charge < -0.3 is 30.6 Å². The molecule has 2 aromatic rings. The molecule has 0 spiro atoms. The summed E-state index contributed by atoms with van der Waals surface area (Å²) in [4.78, 5) is 54.3. The highest BCUT2D eigenvalue weighted by Crippen LogP contribution is 2.16. The van der Waals surface area contributed by atoms with Gasteiger partial charge in [-0.25, -0.2) is 19.2 Å². The van der Waals surface area contributed by atoms with Gasteiger partial charge >= 0.3 is 24.1 Å². The average molecular weight is 555 g/mol. The van der Waals surface area contributed by atoms with E-state index in [2.05, 4.69) is 15.6 Å². The van der Waals surface area contributed by atoms with Gasteiger partial charge in [0.15, 0.2) is 5.71 Å². The van der Waals surface area contributed by atoms with E-state index in [1.165, 1.54) is 24.3 Å². The Balaban J connectivity index is 2.21. The normalized spacial score (nSPS) is 12.6. The number of rotatable bonds is 10. The molecule has 2 aromatic carbocycles. The molecule has 2 rings (SSSR count). The number of anilines is 1. The molecule has 1 unspecified atom stereocenters. The average Bonchev–Trinajstić information content (AvgIpc) is 2.87. The van der Waals surface area contributed by atoms with E-state index in [1.807, 2.05) is 30.3 Å². The van der Waals surface area contributed by atoms with Crippen LogP contribution in [0, 0.1) is 0 Å². The first-order chi connectivity index (χ1) is 18.7. The van der Waals surface area contributed by atoms with Crippen LogP contribution in [0.1, 0.15) is 52.7 Å². The molecule has 0 radical (unpaired) electrons. The molecule has 0 fully saturated rings. The van der Waals surface area contributed by atoms with Crippen molar-refractivity contribution in [1.82, 2.24) is 5.32 Å². The van der Waals surface area contributed by atoms with Crippen LogP contribution in [-0.2, 0) is 30.2 Å². The van der Waals surface area contributed by atoms with Gasteiger partial charge in [0.2, 0.25) is 0 Å². The predicted octanol–water partition coefficient (Wildman–Crippen LogP) is 3.99. The van der Waals surface area contributed by atoms with Crippen molar-refractivity contribution in [3.8, 4) is 0 Å². The standard InChI is InChI=1S/C29H38N4O7/c1-7-38-24(34)22(17-19-11-9-8-10-12-19)32-26(36)31-21-15-13-20(14-16-21)23(25(35)39-28(2,3)4)33-27(37)40-29(5,6)18-30/h8-16,22H,7,17-18,30H2,1-6H3,(H2,31,32,36)/b33-23-. The Morgan fingerprint density at radius 3 is 2.10 bits per heavy atom. The van der Waals surface area contributed by atoms with Gasteiger partial charge in [0.25, 0.3) is 0 Å². The summed E-state index contributed by atoms with van der Waals surface area (Å²) >= 11 is 0. The number of ether oxygens (including phenoxy) is 3. The summed E-state index contributed by atoms with van der Waals surface area (Å²) in [6.45, 7) is 10.2. The van der Waals surface area contributed by atoms with E-state index in [0.717, 1.165) is 5.56 Å².